The van der Waals surface area contributed by atoms with Gasteiger partial charge in [0.05, 0.1) is 23.6 Å². The molecule has 0 fully saturated rings. The molecule has 0 aliphatic heterocycles. The Balaban J connectivity index is 1.72. The van der Waals surface area contributed by atoms with E-state index in [1.165, 1.54) is 19.1 Å². The average Bonchev–Trinajstić information content (AvgIpc) is 2.91. The number of hydrogen-bond acceptors (Lipinski definition) is 3. The third-order valence-electron chi connectivity index (χ3n) is 4.39. The van der Waals surface area contributed by atoms with Gasteiger partial charge in [-0.15, -0.1) is 0 Å². The summed E-state index contributed by atoms with van der Waals surface area (Å²) in [5, 5.41) is 11.2. The number of thiocarbonyl (C=S) groups is 1. The molecule has 0 saturated heterocycles. The van der Waals surface area contributed by atoms with E-state index in [0.717, 1.165) is 28.3 Å². The van der Waals surface area contributed by atoms with Crippen molar-refractivity contribution in [3.8, 4) is 0 Å². The highest BCUT2D eigenvalue weighted by molar-refractivity contribution is 7.80. The van der Waals surface area contributed by atoms with Crippen molar-refractivity contribution in [2.45, 2.75) is 27.3 Å². The number of aromatic nitrogens is 2. The smallest absolute Gasteiger partial charge is 0.175 e. The number of Topliss-reactive ketones (excluding diaryl/α,β-unsaturated/α-hetero) is 1. The molecule has 0 aliphatic rings. The Morgan fingerprint density at radius 1 is 1.14 bits per heavy atom. The predicted molar refractivity (Wildman–Crippen MR) is 113 cm³/mol. The molecule has 1 aromatic heterocycles. The molecule has 1 heterocycles. The molecule has 2 aromatic carbocycles. The van der Waals surface area contributed by atoms with E-state index < -0.39 is 0 Å². The van der Waals surface area contributed by atoms with Gasteiger partial charge in [-0.3, -0.25) is 9.48 Å². The average molecular weight is 396 g/mol. The molecule has 144 valence electrons. The first-order chi connectivity index (χ1) is 13.3. The highest BCUT2D eigenvalue weighted by atomic mass is 32.1. The van der Waals surface area contributed by atoms with Gasteiger partial charge in [-0.1, -0.05) is 24.3 Å². The third kappa shape index (κ3) is 4.61. The number of anilines is 2. The van der Waals surface area contributed by atoms with Crippen molar-refractivity contribution >= 4 is 34.5 Å². The van der Waals surface area contributed by atoms with Gasteiger partial charge in [-0.05, 0) is 62.8 Å². The van der Waals surface area contributed by atoms with Gasteiger partial charge >= 0.3 is 0 Å². The van der Waals surface area contributed by atoms with Crippen molar-refractivity contribution in [3.05, 3.63) is 76.9 Å². The summed E-state index contributed by atoms with van der Waals surface area (Å²) in [6.45, 7) is 5.91. The molecule has 28 heavy (non-hydrogen) atoms. The summed E-state index contributed by atoms with van der Waals surface area (Å²) in [5.74, 6) is -0.263. The maximum Gasteiger partial charge on any atom is 0.175 e. The zero-order valence-corrected chi connectivity index (χ0v) is 16.7. The zero-order chi connectivity index (χ0) is 20.3. The molecule has 0 bridgehead atoms. The first-order valence-corrected chi connectivity index (χ1v) is 9.22. The SMILES string of the molecule is CC(=O)c1cccc(NC(=S)Nc2c(C)nn(Cc3ccc(F)cc3)c2C)c1. The van der Waals surface area contributed by atoms with Crippen molar-refractivity contribution in [2.75, 3.05) is 10.6 Å². The number of aryl methyl sites for hydroxylation is 1. The van der Waals surface area contributed by atoms with Gasteiger partial charge in [-0.2, -0.15) is 5.10 Å². The molecule has 5 nitrogen and oxygen atoms in total. The number of ketones is 1. The second kappa shape index (κ2) is 8.31. The second-order valence-electron chi connectivity index (χ2n) is 6.55. The van der Waals surface area contributed by atoms with Gasteiger partial charge in [-0.25, -0.2) is 4.39 Å². The number of hydrogen-bond donors (Lipinski definition) is 2. The van der Waals surface area contributed by atoms with Gasteiger partial charge < -0.3 is 10.6 Å². The summed E-state index contributed by atoms with van der Waals surface area (Å²) in [6.07, 6.45) is 0. The fraction of sp³-hybridized carbons (Fsp3) is 0.190. The summed E-state index contributed by atoms with van der Waals surface area (Å²) in [5.41, 5.74) is 4.86. The van der Waals surface area contributed by atoms with Crippen LogP contribution >= 0.6 is 12.2 Å². The lowest BCUT2D eigenvalue weighted by Gasteiger charge is -2.12. The molecule has 3 rings (SSSR count). The maximum absolute atomic E-state index is 13.1. The Morgan fingerprint density at radius 2 is 1.86 bits per heavy atom. The molecule has 0 unspecified atom stereocenters. The van der Waals surface area contributed by atoms with Crippen LogP contribution in [0.2, 0.25) is 0 Å². The van der Waals surface area contributed by atoms with E-state index in [1.807, 2.05) is 24.6 Å². The Labute approximate surface area is 168 Å². The van der Waals surface area contributed by atoms with Gasteiger partial charge in [0.1, 0.15) is 5.82 Å². The first kappa shape index (κ1) is 19.7. The van der Waals surface area contributed by atoms with Gasteiger partial charge in [0.25, 0.3) is 0 Å². The van der Waals surface area contributed by atoms with Crippen LogP contribution in [0.3, 0.4) is 0 Å². The molecular formula is C21H21FN4OS. The predicted octanol–water partition coefficient (Wildman–Crippen LogP) is 4.70. The van der Waals surface area contributed by atoms with Crippen LogP contribution in [0.4, 0.5) is 15.8 Å². The van der Waals surface area contributed by atoms with E-state index in [2.05, 4.69) is 15.7 Å². The summed E-state index contributed by atoms with van der Waals surface area (Å²) >= 11 is 5.41. The molecule has 0 amide bonds. The van der Waals surface area contributed by atoms with E-state index in [9.17, 15) is 9.18 Å². The van der Waals surface area contributed by atoms with Crippen LogP contribution < -0.4 is 10.6 Å². The zero-order valence-electron chi connectivity index (χ0n) is 15.9. The van der Waals surface area contributed by atoms with Gasteiger partial charge in [0.2, 0.25) is 0 Å². The number of carbonyl (C=O) groups is 1. The van der Waals surface area contributed by atoms with E-state index in [1.54, 1.807) is 30.3 Å². The lowest BCUT2D eigenvalue weighted by Crippen LogP contribution is -2.20. The van der Waals surface area contributed by atoms with E-state index in [0.29, 0.717) is 17.2 Å². The summed E-state index contributed by atoms with van der Waals surface area (Å²) in [4.78, 5) is 11.5. The van der Waals surface area contributed by atoms with Crippen molar-refractivity contribution < 1.29 is 9.18 Å². The summed E-state index contributed by atoms with van der Waals surface area (Å²) < 4.78 is 14.9. The van der Waals surface area contributed by atoms with Gasteiger partial charge in [0, 0.05) is 11.3 Å². The Kier molecular flexibility index (Phi) is 5.84. The Morgan fingerprint density at radius 3 is 2.54 bits per heavy atom. The number of nitrogens with one attached hydrogen (secondary N) is 2. The minimum absolute atomic E-state index is 0.00344. The van der Waals surface area contributed by atoms with Crippen LogP contribution in [0, 0.1) is 19.7 Å². The van der Waals surface area contributed by atoms with E-state index in [4.69, 9.17) is 12.2 Å². The normalized spacial score (nSPS) is 10.6. The standard InChI is InChI=1S/C21H21FN4OS/c1-13-20(14(2)26(25-13)12-16-7-9-18(22)10-8-16)24-21(28)23-19-6-4-5-17(11-19)15(3)27/h4-11H,12H2,1-3H3,(H2,23,24,28). The van der Waals surface area contributed by atoms with E-state index >= 15 is 0 Å². The fourth-order valence-corrected chi connectivity index (χ4v) is 3.11. The van der Waals surface area contributed by atoms with Crippen molar-refractivity contribution in [1.29, 1.82) is 0 Å². The third-order valence-corrected chi connectivity index (χ3v) is 4.60. The molecule has 0 spiro atoms. The highest BCUT2D eigenvalue weighted by Crippen LogP contribution is 2.21. The molecule has 0 radical (unpaired) electrons. The highest BCUT2D eigenvalue weighted by Gasteiger charge is 2.13. The van der Waals surface area contributed by atoms with Crippen LogP contribution in [0.5, 0.6) is 0 Å². The van der Waals surface area contributed by atoms with Crippen LogP contribution in [0.1, 0.15) is 34.2 Å². The topological polar surface area (TPSA) is 59.0 Å². The van der Waals surface area contributed by atoms with Crippen LogP contribution in [-0.4, -0.2) is 20.7 Å². The number of halogens is 1. The molecule has 2 N–H and O–H groups in total. The Hall–Kier alpha value is -3.06. The van der Waals surface area contributed by atoms with Gasteiger partial charge in [0.15, 0.2) is 10.9 Å². The Bertz CT molecular complexity index is 1030. The molecular weight excluding hydrogens is 375 g/mol. The minimum atomic E-state index is -0.260. The molecule has 0 atom stereocenters. The van der Waals surface area contributed by atoms with Crippen LogP contribution in [0.15, 0.2) is 48.5 Å². The van der Waals surface area contributed by atoms with Crippen molar-refractivity contribution in [3.63, 3.8) is 0 Å². The number of nitrogens with zero attached hydrogens (tertiary/aromatic N) is 2. The molecule has 3 aromatic rings. The lowest BCUT2D eigenvalue weighted by molar-refractivity contribution is 0.101. The summed E-state index contributed by atoms with van der Waals surface area (Å²) in [7, 11) is 0. The number of rotatable bonds is 5. The second-order valence-corrected chi connectivity index (χ2v) is 6.95. The molecule has 0 saturated carbocycles. The number of benzene rings is 2. The fourth-order valence-electron chi connectivity index (χ4n) is 2.89. The van der Waals surface area contributed by atoms with Crippen LogP contribution in [0.25, 0.3) is 0 Å². The van der Waals surface area contributed by atoms with Crippen molar-refractivity contribution in [1.82, 2.24) is 9.78 Å². The quantitative estimate of drug-likeness (QED) is 0.484. The van der Waals surface area contributed by atoms with Crippen molar-refractivity contribution in [2.24, 2.45) is 0 Å². The molecule has 0 aliphatic carbocycles. The summed E-state index contributed by atoms with van der Waals surface area (Å²) in [6, 6.07) is 13.5. The monoisotopic (exact) mass is 396 g/mol. The maximum atomic E-state index is 13.1. The van der Waals surface area contributed by atoms with Crippen LogP contribution in [-0.2, 0) is 6.54 Å². The minimum Gasteiger partial charge on any atom is -0.332 e. The number of carbonyl (C=O) groups excluding carboxylic acids is 1. The van der Waals surface area contributed by atoms with E-state index in [-0.39, 0.29) is 11.6 Å². The molecule has 7 heteroatoms. The largest absolute Gasteiger partial charge is 0.332 e. The lowest BCUT2D eigenvalue weighted by atomic mass is 10.1. The first-order valence-electron chi connectivity index (χ1n) is 8.81.